The first-order valence-electron chi connectivity index (χ1n) is 11.1. The molecule has 4 rings (SSSR count). The second-order valence-corrected chi connectivity index (χ2v) is 8.15. The fourth-order valence-electron chi connectivity index (χ4n) is 4.26. The van der Waals surface area contributed by atoms with Gasteiger partial charge in [0.1, 0.15) is 11.6 Å². The van der Waals surface area contributed by atoms with Gasteiger partial charge in [-0.05, 0) is 72.0 Å². The number of aliphatic hydroxyl groups excluding tert-OH is 1. The first kappa shape index (κ1) is 21.7. The number of anilines is 1. The summed E-state index contributed by atoms with van der Waals surface area (Å²) in [7, 11) is 1.92. The molecule has 164 valence electrons. The van der Waals surface area contributed by atoms with E-state index in [0.717, 1.165) is 30.0 Å². The highest BCUT2D eigenvalue weighted by atomic mass is 16.3. The van der Waals surface area contributed by atoms with Crippen molar-refractivity contribution in [2.45, 2.75) is 19.3 Å². The maximum absolute atomic E-state index is 12.1. The Hall–Kier alpha value is -3.56. The number of hydrogen-bond donors (Lipinski definition) is 2. The van der Waals surface area contributed by atoms with Gasteiger partial charge in [0.2, 0.25) is 0 Å². The molecule has 2 heterocycles. The van der Waals surface area contributed by atoms with Crippen LogP contribution in [-0.2, 0) is 11.8 Å². The Labute approximate surface area is 188 Å². The monoisotopic (exact) mass is 428 g/mol. The van der Waals surface area contributed by atoms with Crippen LogP contribution in [0.5, 0.6) is 0 Å². The summed E-state index contributed by atoms with van der Waals surface area (Å²) in [5.74, 6) is -0.487. The predicted molar refractivity (Wildman–Crippen MR) is 128 cm³/mol. The third-order valence-electron chi connectivity index (χ3n) is 6.06. The molecule has 6 nitrogen and oxygen atoms in total. The highest BCUT2D eigenvalue weighted by molar-refractivity contribution is 6.01. The summed E-state index contributed by atoms with van der Waals surface area (Å²) in [5.41, 5.74) is 4.14. The summed E-state index contributed by atoms with van der Waals surface area (Å²) in [6.45, 7) is 2.21. The van der Waals surface area contributed by atoms with Crippen LogP contribution in [0.1, 0.15) is 25.0 Å². The number of nitriles is 1. The van der Waals surface area contributed by atoms with Crippen molar-refractivity contribution in [3.8, 4) is 17.3 Å². The van der Waals surface area contributed by atoms with E-state index in [9.17, 15) is 10.1 Å². The Morgan fingerprint density at radius 1 is 1.09 bits per heavy atom. The molecule has 2 N–H and O–H groups in total. The van der Waals surface area contributed by atoms with E-state index >= 15 is 0 Å². The number of carbonyl (C=O) groups excluding carboxylic acids is 1. The zero-order valence-corrected chi connectivity index (χ0v) is 18.3. The van der Waals surface area contributed by atoms with E-state index in [1.807, 2.05) is 29.8 Å². The number of piperidine rings is 1. The Morgan fingerprint density at radius 2 is 1.84 bits per heavy atom. The van der Waals surface area contributed by atoms with Gasteiger partial charge in [-0.15, -0.1) is 0 Å². The highest BCUT2D eigenvalue weighted by Crippen LogP contribution is 2.30. The molecule has 0 radical (unpaired) electrons. The Morgan fingerprint density at radius 3 is 2.59 bits per heavy atom. The zero-order chi connectivity index (χ0) is 22.5. The van der Waals surface area contributed by atoms with Gasteiger partial charge in [0.05, 0.1) is 6.61 Å². The molecule has 1 fully saturated rings. The van der Waals surface area contributed by atoms with E-state index in [4.69, 9.17) is 5.11 Å². The largest absolute Gasteiger partial charge is 0.395 e. The van der Waals surface area contributed by atoms with Crippen LogP contribution in [0.25, 0.3) is 28.1 Å². The quantitative estimate of drug-likeness (QED) is 0.462. The number of rotatable bonds is 6. The highest BCUT2D eigenvalue weighted by Gasteiger charge is 2.13. The van der Waals surface area contributed by atoms with Gasteiger partial charge in [-0.25, -0.2) is 0 Å². The lowest BCUT2D eigenvalue weighted by molar-refractivity contribution is -0.117. The molecule has 0 aliphatic carbocycles. The number of aliphatic hydroxyl groups is 1. The Balaban J connectivity index is 1.60. The first-order valence-corrected chi connectivity index (χ1v) is 11.1. The molecular weight excluding hydrogens is 400 g/mol. The molecule has 0 bridgehead atoms. The molecule has 1 saturated heterocycles. The van der Waals surface area contributed by atoms with E-state index in [0.29, 0.717) is 0 Å². The smallest absolute Gasteiger partial charge is 0.262 e. The maximum Gasteiger partial charge on any atom is 0.262 e. The number of nitrogens with zero attached hydrogens (tertiary/aromatic N) is 3. The van der Waals surface area contributed by atoms with Crippen molar-refractivity contribution >= 4 is 28.4 Å². The van der Waals surface area contributed by atoms with Crippen molar-refractivity contribution < 1.29 is 9.90 Å². The molecule has 1 aliphatic rings. The minimum absolute atomic E-state index is 0.00922. The van der Waals surface area contributed by atoms with E-state index < -0.39 is 5.91 Å². The predicted octanol–water partition coefficient (Wildman–Crippen LogP) is 3.85. The average molecular weight is 429 g/mol. The summed E-state index contributed by atoms with van der Waals surface area (Å²) in [4.78, 5) is 14.6. The van der Waals surface area contributed by atoms with E-state index in [2.05, 4.69) is 46.6 Å². The maximum atomic E-state index is 12.1. The SMILES string of the molecule is Cn1c(/C=C(\C#N)C(=O)NCCO)ccc1-c1ccc2cc(N3CCCCC3)ccc2c1. The van der Waals surface area contributed by atoms with Crippen LogP contribution in [0.3, 0.4) is 0 Å². The standard InChI is InChI=1S/C26H28N4O2/c1-29-23(17-22(18-27)26(32)28-11-14-31)9-10-25(29)21-6-5-20-16-24(8-7-19(20)15-21)30-12-3-2-4-13-30/h5-10,15-17,31H,2-4,11-14H2,1H3,(H,28,32)/b22-17+. The van der Waals surface area contributed by atoms with E-state index in [1.165, 1.54) is 35.7 Å². The minimum atomic E-state index is -0.487. The fraction of sp³-hybridized carbons (Fsp3) is 0.308. The number of amides is 1. The number of aromatic nitrogens is 1. The molecule has 1 aliphatic heterocycles. The van der Waals surface area contributed by atoms with Gasteiger partial charge in [-0.2, -0.15) is 5.26 Å². The lowest BCUT2D eigenvalue weighted by Crippen LogP contribution is -2.29. The van der Waals surface area contributed by atoms with E-state index in [-0.39, 0.29) is 18.7 Å². The van der Waals surface area contributed by atoms with Crippen molar-refractivity contribution in [2.75, 3.05) is 31.1 Å². The van der Waals surface area contributed by atoms with Gasteiger partial charge in [0, 0.05) is 43.8 Å². The zero-order valence-electron chi connectivity index (χ0n) is 18.3. The number of benzene rings is 2. The van der Waals surface area contributed by atoms with Crippen molar-refractivity contribution in [3.63, 3.8) is 0 Å². The summed E-state index contributed by atoms with van der Waals surface area (Å²) in [5, 5.41) is 23.1. The van der Waals surface area contributed by atoms with Crippen LogP contribution in [0.4, 0.5) is 5.69 Å². The van der Waals surface area contributed by atoms with Gasteiger partial charge in [-0.3, -0.25) is 4.79 Å². The summed E-state index contributed by atoms with van der Waals surface area (Å²) in [6.07, 6.45) is 5.42. The molecule has 0 unspecified atom stereocenters. The normalized spacial score (nSPS) is 14.4. The molecule has 0 atom stereocenters. The molecule has 32 heavy (non-hydrogen) atoms. The third kappa shape index (κ3) is 4.53. The Kier molecular flexibility index (Phi) is 6.58. The molecule has 3 aromatic rings. The number of hydrogen-bond acceptors (Lipinski definition) is 4. The topological polar surface area (TPSA) is 81.3 Å². The number of fused-ring (bicyclic) bond motifs is 1. The average Bonchev–Trinajstić information content (AvgIpc) is 3.20. The van der Waals surface area contributed by atoms with Gasteiger partial charge >= 0.3 is 0 Å². The van der Waals surface area contributed by atoms with Gasteiger partial charge < -0.3 is 19.9 Å². The molecular formula is C26H28N4O2. The van der Waals surface area contributed by atoms with Crippen LogP contribution in [0, 0.1) is 11.3 Å². The molecule has 0 saturated carbocycles. The number of carbonyl (C=O) groups is 1. The van der Waals surface area contributed by atoms with Crippen LogP contribution in [0.15, 0.2) is 54.1 Å². The van der Waals surface area contributed by atoms with Crippen LogP contribution >= 0.6 is 0 Å². The lowest BCUT2D eigenvalue weighted by Gasteiger charge is -2.29. The fourth-order valence-corrected chi connectivity index (χ4v) is 4.26. The third-order valence-corrected chi connectivity index (χ3v) is 6.06. The van der Waals surface area contributed by atoms with Gasteiger partial charge in [0.15, 0.2) is 0 Å². The summed E-state index contributed by atoms with van der Waals surface area (Å²) < 4.78 is 1.97. The van der Waals surface area contributed by atoms with Crippen molar-refractivity contribution in [3.05, 3.63) is 59.8 Å². The van der Waals surface area contributed by atoms with Gasteiger partial charge in [0.25, 0.3) is 5.91 Å². The minimum Gasteiger partial charge on any atom is -0.395 e. The molecule has 6 heteroatoms. The van der Waals surface area contributed by atoms with Crippen molar-refractivity contribution in [2.24, 2.45) is 7.05 Å². The first-order chi connectivity index (χ1) is 15.6. The molecule has 0 spiro atoms. The van der Waals surface area contributed by atoms with Crippen LogP contribution in [0.2, 0.25) is 0 Å². The Bertz CT molecular complexity index is 1200. The van der Waals surface area contributed by atoms with Crippen LogP contribution in [-0.4, -0.2) is 41.8 Å². The summed E-state index contributed by atoms with van der Waals surface area (Å²) in [6, 6.07) is 19.0. The van der Waals surface area contributed by atoms with E-state index in [1.54, 1.807) is 6.08 Å². The number of nitrogens with one attached hydrogen (secondary N) is 1. The van der Waals surface area contributed by atoms with Gasteiger partial charge in [-0.1, -0.05) is 18.2 Å². The van der Waals surface area contributed by atoms with Crippen molar-refractivity contribution in [1.82, 2.24) is 9.88 Å². The second kappa shape index (κ2) is 9.71. The molecule has 1 aromatic heterocycles. The summed E-state index contributed by atoms with van der Waals surface area (Å²) >= 11 is 0. The molecule has 1 amide bonds. The second-order valence-electron chi connectivity index (χ2n) is 8.15. The van der Waals surface area contributed by atoms with Crippen LogP contribution < -0.4 is 10.2 Å². The lowest BCUT2D eigenvalue weighted by atomic mass is 10.0. The molecule has 2 aromatic carbocycles. The van der Waals surface area contributed by atoms with Crippen molar-refractivity contribution in [1.29, 1.82) is 5.26 Å².